The molecule has 8 nitrogen and oxygen atoms in total. The lowest BCUT2D eigenvalue weighted by molar-refractivity contribution is 0.0529. The molecule has 2 heterocycles. The number of benzene rings is 1. The number of aromatic hydroxyl groups is 1. The predicted octanol–water partition coefficient (Wildman–Crippen LogP) is 2.75. The van der Waals surface area contributed by atoms with Crippen LogP contribution in [0.5, 0.6) is 5.88 Å². The fourth-order valence-electron chi connectivity index (χ4n) is 2.88. The van der Waals surface area contributed by atoms with Crippen LogP contribution in [0.4, 0.5) is 5.00 Å². The summed E-state index contributed by atoms with van der Waals surface area (Å²) in [5.41, 5.74) is 1.38. The second-order valence-electron chi connectivity index (χ2n) is 6.62. The first kappa shape index (κ1) is 21.3. The minimum absolute atomic E-state index is 0.153. The summed E-state index contributed by atoms with van der Waals surface area (Å²) in [5, 5.41) is 12.3. The number of thiophene rings is 1. The Morgan fingerprint density at radius 1 is 1.20 bits per heavy atom. The molecule has 0 amide bonds. The van der Waals surface area contributed by atoms with Crippen molar-refractivity contribution in [2.45, 2.75) is 13.8 Å². The van der Waals surface area contributed by atoms with Crippen molar-refractivity contribution in [1.29, 1.82) is 0 Å². The molecule has 2 aromatic heterocycles. The van der Waals surface area contributed by atoms with Gasteiger partial charge in [0.05, 0.1) is 6.61 Å². The van der Waals surface area contributed by atoms with Crippen LogP contribution in [0.2, 0.25) is 0 Å². The van der Waals surface area contributed by atoms with Gasteiger partial charge in [0.2, 0.25) is 5.88 Å². The molecular formula is C21H21N3O5S. The van der Waals surface area contributed by atoms with Gasteiger partial charge in [0.1, 0.15) is 16.1 Å². The van der Waals surface area contributed by atoms with Crippen molar-refractivity contribution in [3.8, 4) is 17.0 Å². The zero-order valence-electron chi connectivity index (χ0n) is 17.0. The van der Waals surface area contributed by atoms with Crippen LogP contribution in [0.1, 0.15) is 28.4 Å². The van der Waals surface area contributed by atoms with Crippen LogP contribution in [0.25, 0.3) is 11.1 Å². The maximum Gasteiger partial charge on any atom is 0.341 e. The second kappa shape index (κ2) is 8.50. The molecular weight excluding hydrogens is 406 g/mol. The highest BCUT2D eigenvalue weighted by atomic mass is 32.1. The van der Waals surface area contributed by atoms with Gasteiger partial charge in [0.15, 0.2) is 0 Å². The number of esters is 1. The molecule has 0 saturated carbocycles. The molecule has 0 bridgehead atoms. The van der Waals surface area contributed by atoms with Crippen LogP contribution < -0.4 is 11.2 Å². The molecule has 0 fully saturated rings. The molecule has 30 heavy (non-hydrogen) atoms. The van der Waals surface area contributed by atoms with Gasteiger partial charge in [-0.2, -0.15) is 0 Å². The average molecular weight is 427 g/mol. The second-order valence-corrected chi connectivity index (χ2v) is 7.48. The van der Waals surface area contributed by atoms with Crippen molar-refractivity contribution in [3.63, 3.8) is 0 Å². The molecule has 9 heteroatoms. The van der Waals surface area contributed by atoms with E-state index >= 15 is 0 Å². The quantitative estimate of drug-likeness (QED) is 0.498. The van der Waals surface area contributed by atoms with Crippen LogP contribution in [-0.2, 0) is 18.8 Å². The van der Waals surface area contributed by atoms with Crippen molar-refractivity contribution in [2.24, 2.45) is 19.1 Å². The molecule has 0 atom stereocenters. The molecule has 0 aliphatic rings. The Kier molecular flexibility index (Phi) is 6.02. The lowest BCUT2D eigenvalue weighted by Crippen LogP contribution is -2.38. The van der Waals surface area contributed by atoms with E-state index in [1.807, 2.05) is 31.2 Å². The topological polar surface area (TPSA) is 103 Å². The van der Waals surface area contributed by atoms with E-state index in [2.05, 4.69) is 4.99 Å². The van der Waals surface area contributed by atoms with E-state index in [1.54, 1.807) is 12.3 Å². The summed E-state index contributed by atoms with van der Waals surface area (Å²) < 4.78 is 7.02. The van der Waals surface area contributed by atoms with Crippen molar-refractivity contribution in [3.05, 3.63) is 67.2 Å². The Hall–Kier alpha value is -3.46. The summed E-state index contributed by atoms with van der Waals surface area (Å²) in [7, 11) is 2.66. The average Bonchev–Trinajstić information content (AvgIpc) is 3.15. The predicted molar refractivity (Wildman–Crippen MR) is 116 cm³/mol. The molecule has 0 unspecified atom stereocenters. The van der Waals surface area contributed by atoms with Crippen LogP contribution in [-0.4, -0.2) is 33.0 Å². The van der Waals surface area contributed by atoms with Crippen molar-refractivity contribution < 1.29 is 14.6 Å². The Morgan fingerprint density at radius 3 is 2.50 bits per heavy atom. The van der Waals surface area contributed by atoms with Crippen molar-refractivity contribution in [2.75, 3.05) is 6.61 Å². The third kappa shape index (κ3) is 3.84. The number of rotatable bonds is 5. The first-order valence-corrected chi connectivity index (χ1v) is 10.0. The number of aryl methyl sites for hydroxylation is 1. The van der Waals surface area contributed by atoms with Crippen LogP contribution in [0.3, 0.4) is 0 Å². The third-order valence-electron chi connectivity index (χ3n) is 4.59. The highest BCUT2D eigenvalue weighted by Crippen LogP contribution is 2.38. The number of ether oxygens (including phenoxy) is 1. The number of carbonyl (C=O) groups is 1. The van der Waals surface area contributed by atoms with Crippen LogP contribution in [0.15, 0.2) is 44.2 Å². The fraction of sp³-hybridized carbons (Fsp3) is 0.238. The van der Waals surface area contributed by atoms with Crippen molar-refractivity contribution in [1.82, 2.24) is 9.13 Å². The largest absolute Gasteiger partial charge is 0.494 e. The van der Waals surface area contributed by atoms with Gasteiger partial charge in [0, 0.05) is 31.3 Å². The summed E-state index contributed by atoms with van der Waals surface area (Å²) in [5.74, 6) is -1.03. The minimum atomic E-state index is -0.688. The summed E-state index contributed by atoms with van der Waals surface area (Å²) >= 11 is 1.21. The number of carbonyl (C=O) groups excluding carboxylic acids is 1. The Bertz CT molecular complexity index is 1250. The van der Waals surface area contributed by atoms with E-state index in [0.717, 1.165) is 26.5 Å². The highest BCUT2D eigenvalue weighted by Gasteiger charge is 2.21. The normalized spacial score (nSPS) is 11.2. The van der Waals surface area contributed by atoms with Gasteiger partial charge in [-0.15, -0.1) is 11.3 Å². The lowest BCUT2D eigenvalue weighted by atomic mass is 10.0. The standard InChI is InChI=1S/C21H21N3O5S/c1-5-29-20(27)16-15(13-8-6-12(2)7-9-13)11-30-17(16)22-10-14-18(25)23(3)21(28)24(4)19(14)26/h6-11,25H,5H2,1-4H3/b22-10+. The maximum atomic E-state index is 12.6. The van der Waals surface area contributed by atoms with Gasteiger partial charge in [-0.3, -0.25) is 13.9 Å². The van der Waals surface area contributed by atoms with Gasteiger partial charge < -0.3 is 9.84 Å². The van der Waals surface area contributed by atoms with Gasteiger partial charge in [0.25, 0.3) is 5.56 Å². The lowest BCUT2D eigenvalue weighted by Gasteiger charge is -2.07. The Labute approximate surface area is 176 Å². The zero-order chi connectivity index (χ0) is 22.0. The molecule has 0 aliphatic heterocycles. The molecule has 0 radical (unpaired) electrons. The number of hydrogen-bond donors (Lipinski definition) is 1. The Morgan fingerprint density at radius 2 is 1.87 bits per heavy atom. The van der Waals surface area contributed by atoms with Gasteiger partial charge in [-0.05, 0) is 19.4 Å². The molecule has 1 aromatic carbocycles. The van der Waals surface area contributed by atoms with E-state index in [4.69, 9.17) is 4.74 Å². The number of nitrogens with zero attached hydrogens (tertiary/aromatic N) is 3. The molecule has 3 rings (SSSR count). The van der Waals surface area contributed by atoms with Gasteiger partial charge in [-0.25, -0.2) is 14.6 Å². The summed E-state index contributed by atoms with van der Waals surface area (Å²) in [6.45, 7) is 3.89. The van der Waals surface area contributed by atoms with E-state index in [0.29, 0.717) is 10.6 Å². The maximum absolute atomic E-state index is 12.6. The minimum Gasteiger partial charge on any atom is -0.494 e. The molecule has 0 aliphatic carbocycles. The van der Waals surface area contributed by atoms with E-state index in [9.17, 15) is 19.5 Å². The molecule has 3 aromatic rings. The summed E-state index contributed by atoms with van der Waals surface area (Å²) in [6.07, 6.45) is 1.16. The zero-order valence-corrected chi connectivity index (χ0v) is 17.8. The number of aliphatic imine (C=N–C) groups is 1. The third-order valence-corrected chi connectivity index (χ3v) is 5.48. The van der Waals surface area contributed by atoms with E-state index < -0.39 is 23.1 Å². The number of hydrogen-bond acceptors (Lipinski definition) is 7. The molecule has 156 valence electrons. The summed E-state index contributed by atoms with van der Waals surface area (Å²) in [4.78, 5) is 41.2. The first-order chi connectivity index (χ1) is 14.3. The first-order valence-electron chi connectivity index (χ1n) is 9.15. The Balaban J connectivity index is 2.14. The molecule has 0 spiro atoms. The molecule has 1 N–H and O–H groups in total. The number of aromatic nitrogens is 2. The van der Waals surface area contributed by atoms with Crippen LogP contribution >= 0.6 is 11.3 Å². The smallest absolute Gasteiger partial charge is 0.341 e. The van der Waals surface area contributed by atoms with Crippen LogP contribution in [0, 0.1) is 6.92 Å². The fourth-order valence-corrected chi connectivity index (χ4v) is 3.79. The highest BCUT2D eigenvalue weighted by molar-refractivity contribution is 7.14. The van der Waals surface area contributed by atoms with Gasteiger partial charge >= 0.3 is 11.7 Å². The SMILES string of the molecule is CCOC(=O)c1c(-c2ccc(C)cc2)csc1/N=C/c1c(O)n(C)c(=O)n(C)c1=O. The monoisotopic (exact) mass is 427 g/mol. The van der Waals surface area contributed by atoms with Gasteiger partial charge in [-0.1, -0.05) is 29.8 Å². The summed E-state index contributed by atoms with van der Waals surface area (Å²) in [6, 6.07) is 7.69. The van der Waals surface area contributed by atoms with E-state index in [-0.39, 0.29) is 17.7 Å². The van der Waals surface area contributed by atoms with E-state index in [1.165, 1.54) is 25.4 Å². The van der Waals surface area contributed by atoms with Crippen molar-refractivity contribution >= 4 is 28.5 Å². The molecule has 0 saturated heterocycles.